The first-order valence-corrected chi connectivity index (χ1v) is 10.6. The molecule has 2 N–H and O–H groups in total. The van der Waals surface area contributed by atoms with Gasteiger partial charge in [-0.05, 0) is 69.1 Å². The Labute approximate surface area is 171 Å². The molecular formula is C23H29N5O. The van der Waals surface area contributed by atoms with Crippen molar-refractivity contribution in [2.75, 3.05) is 20.1 Å². The minimum Gasteiger partial charge on any atom is -0.341 e. The van der Waals surface area contributed by atoms with Crippen molar-refractivity contribution in [3.05, 3.63) is 62.8 Å². The number of pyridine rings is 1. The number of H-pyrrole nitrogens is 1. The summed E-state index contributed by atoms with van der Waals surface area (Å²) in [5, 5.41) is 3.51. The average molecular weight is 392 g/mol. The standard InChI is InChI=1S/C23H29N5O/c1-14-6-19-20(7-15(14)2)26-22(25-19)13-27(3)12-17-4-5-21-18-8-16(9-24-10-18)11-28(21)23(17)29/h4-7,16,18,24H,8-13H2,1-3H3,(H,25,26)/t16-,18+/m0/s1. The number of hydrogen-bond donors (Lipinski definition) is 2. The fourth-order valence-electron chi connectivity index (χ4n) is 4.96. The van der Waals surface area contributed by atoms with Crippen LogP contribution in [0, 0.1) is 19.8 Å². The smallest absolute Gasteiger partial charge is 0.255 e. The zero-order valence-electron chi connectivity index (χ0n) is 17.5. The summed E-state index contributed by atoms with van der Waals surface area (Å²) in [7, 11) is 2.05. The van der Waals surface area contributed by atoms with Crippen LogP contribution in [0.3, 0.4) is 0 Å². The number of hydrogen-bond acceptors (Lipinski definition) is 4. The van der Waals surface area contributed by atoms with E-state index in [0.29, 0.717) is 24.9 Å². The zero-order chi connectivity index (χ0) is 20.1. The molecule has 1 saturated heterocycles. The largest absolute Gasteiger partial charge is 0.341 e. The molecule has 0 amide bonds. The van der Waals surface area contributed by atoms with Crippen LogP contribution >= 0.6 is 0 Å². The number of aromatic amines is 1. The number of fused-ring (bicyclic) bond motifs is 5. The Balaban J connectivity index is 1.35. The quantitative estimate of drug-likeness (QED) is 0.718. The normalized spacial score (nSPS) is 21.0. The molecule has 2 bridgehead atoms. The molecule has 0 unspecified atom stereocenters. The summed E-state index contributed by atoms with van der Waals surface area (Å²) < 4.78 is 2.04. The molecule has 29 heavy (non-hydrogen) atoms. The van der Waals surface area contributed by atoms with Gasteiger partial charge in [-0.25, -0.2) is 4.98 Å². The Bertz CT molecular complexity index is 1090. The SMILES string of the molecule is Cc1cc2nc(CN(C)Cc3ccc4n(c3=O)C[C@@H]3CNC[C@H]4C3)[nH]c2cc1C. The van der Waals surface area contributed by atoms with Gasteiger partial charge in [0.25, 0.3) is 5.56 Å². The summed E-state index contributed by atoms with van der Waals surface area (Å²) in [6, 6.07) is 8.49. The molecule has 3 aromatic rings. The first-order valence-electron chi connectivity index (χ1n) is 10.6. The number of aromatic nitrogens is 3. The maximum atomic E-state index is 13.1. The molecule has 152 valence electrons. The van der Waals surface area contributed by atoms with Crippen LogP contribution in [0.15, 0.2) is 29.1 Å². The van der Waals surface area contributed by atoms with Crippen molar-refractivity contribution in [2.24, 2.45) is 5.92 Å². The summed E-state index contributed by atoms with van der Waals surface area (Å²) in [4.78, 5) is 23.5. The van der Waals surface area contributed by atoms with Gasteiger partial charge in [0, 0.05) is 36.8 Å². The molecule has 0 aliphatic carbocycles. The van der Waals surface area contributed by atoms with Gasteiger partial charge in [-0.2, -0.15) is 0 Å². The molecule has 0 saturated carbocycles. The second-order valence-electron chi connectivity index (χ2n) is 8.97. The zero-order valence-corrected chi connectivity index (χ0v) is 17.5. The topological polar surface area (TPSA) is 66.0 Å². The van der Waals surface area contributed by atoms with E-state index in [9.17, 15) is 4.79 Å². The lowest BCUT2D eigenvalue weighted by Gasteiger charge is -2.37. The fourth-order valence-corrected chi connectivity index (χ4v) is 4.96. The van der Waals surface area contributed by atoms with Gasteiger partial charge in [0.15, 0.2) is 0 Å². The number of nitrogens with one attached hydrogen (secondary N) is 2. The van der Waals surface area contributed by atoms with Gasteiger partial charge < -0.3 is 14.9 Å². The number of rotatable bonds is 4. The van der Waals surface area contributed by atoms with E-state index in [2.05, 4.69) is 47.2 Å². The average Bonchev–Trinajstić information content (AvgIpc) is 3.06. The van der Waals surface area contributed by atoms with Gasteiger partial charge in [-0.15, -0.1) is 0 Å². The number of benzene rings is 1. The third-order valence-electron chi connectivity index (χ3n) is 6.59. The van der Waals surface area contributed by atoms with Crippen molar-refractivity contribution in [2.45, 2.75) is 45.8 Å². The maximum absolute atomic E-state index is 13.1. The lowest BCUT2D eigenvalue weighted by Crippen LogP contribution is -2.45. The second-order valence-corrected chi connectivity index (χ2v) is 8.97. The van der Waals surface area contributed by atoms with E-state index in [1.54, 1.807) is 0 Å². The fraction of sp³-hybridized carbons (Fsp3) is 0.478. The molecule has 6 heteroatoms. The molecule has 2 aromatic heterocycles. The molecule has 5 rings (SSSR count). The van der Waals surface area contributed by atoms with Crippen LogP contribution in [-0.2, 0) is 19.6 Å². The third kappa shape index (κ3) is 3.40. The summed E-state index contributed by atoms with van der Waals surface area (Å²) in [6.07, 6.45) is 1.21. The molecule has 2 aliphatic heterocycles. The van der Waals surface area contributed by atoms with Crippen molar-refractivity contribution in [3.63, 3.8) is 0 Å². The number of nitrogens with zero attached hydrogens (tertiary/aromatic N) is 3. The van der Waals surface area contributed by atoms with Crippen LogP contribution in [0.2, 0.25) is 0 Å². The van der Waals surface area contributed by atoms with E-state index >= 15 is 0 Å². The highest BCUT2D eigenvalue weighted by molar-refractivity contribution is 5.77. The minimum atomic E-state index is 0.182. The van der Waals surface area contributed by atoms with Crippen molar-refractivity contribution < 1.29 is 0 Å². The van der Waals surface area contributed by atoms with Crippen LogP contribution in [-0.4, -0.2) is 39.6 Å². The van der Waals surface area contributed by atoms with Crippen molar-refractivity contribution in [1.82, 2.24) is 24.8 Å². The van der Waals surface area contributed by atoms with Crippen LogP contribution in [0.5, 0.6) is 0 Å². The molecule has 6 nitrogen and oxygen atoms in total. The van der Waals surface area contributed by atoms with Gasteiger partial charge in [0.2, 0.25) is 0 Å². The Morgan fingerprint density at radius 2 is 2.00 bits per heavy atom. The van der Waals surface area contributed by atoms with Gasteiger partial charge in [0.1, 0.15) is 5.82 Å². The van der Waals surface area contributed by atoms with Crippen LogP contribution in [0.4, 0.5) is 0 Å². The predicted molar refractivity (Wildman–Crippen MR) is 115 cm³/mol. The third-order valence-corrected chi connectivity index (χ3v) is 6.59. The molecular weight excluding hydrogens is 362 g/mol. The Morgan fingerprint density at radius 1 is 1.17 bits per heavy atom. The van der Waals surface area contributed by atoms with E-state index < -0.39 is 0 Å². The van der Waals surface area contributed by atoms with E-state index in [1.807, 2.05) is 17.7 Å². The molecule has 0 spiro atoms. The molecule has 4 heterocycles. The minimum absolute atomic E-state index is 0.182. The molecule has 2 atom stereocenters. The lowest BCUT2D eigenvalue weighted by molar-refractivity contribution is 0.254. The monoisotopic (exact) mass is 391 g/mol. The first-order chi connectivity index (χ1) is 14.0. The van der Waals surface area contributed by atoms with Gasteiger partial charge in [-0.3, -0.25) is 9.69 Å². The Hall–Kier alpha value is -2.44. The van der Waals surface area contributed by atoms with Crippen molar-refractivity contribution >= 4 is 11.0 Å². The summed E-state index contributed by atoms with van der Waals surface area (Å²) in [5.74, 6) is 1.99. The molecule has 1 fully saturated rings. The van der Waals surface area contributed by atoms with Gasteiger partial charge >= 0.3 is 0 Å². The maximum Gasteiger partial charge on any atom is 0.255 e. The van der Waals surface area contributed by atoms with Gasteiger partial charge in [-0.1, -0.05) is 6.07 Å². The molecule has 0 radical (unpaired) electrons. The number of piperidine rings is 1. The highest BCUT2D eigenvalue weighted by atomic mass is 16.1. The van der Waals surface area contributed by atoms with Crippen LogP contribution in [0.25, 0.3) is 11.0 Å². The number of imidazole rings is 1. The van der Waals surface area contributed by atoms with Crippen molar-refractivity contribution in [3.8, 4) is 0 Å². The molecule has 1 aromatic carbocycles. The highest BCUT2D eigenvalue weighted by Gasteiger charge is 2.31. The predicted octanol–water partition coefficient (Wildman–Crippen LogP) is 2.68. The Morgan fingerprint density at radius 3 is 2.86 bits per heavy atom. The van der Waals surface area contributed by atoms with E-state index in [1.165, 1.54) is 23.2 Å². The summed E-state index contributed by atoms with van der Waals surface area (Å²) in [6.45, 7) is 8.40. The van der Waals surface area contributed by atoms with E-state index in [0.717, 1.165) is 42.1 Å². The van der Waals surface area contributed by atoms with Crippen molar-refractivity contribution in [1.29, 1.82) is 0 Å². The first kappa shape index (κ1) is 18.6. The molecule has 2 aliphatic rings. The lowest BCUT2D eigenvalue weighted by atomic mass is 9.84. The summed E-state index contributed by atoms with van der Waals surface area (Å²) >= 11 is 0. The van der Waals surface area contributed by atoms with E-state index in [-0.39, 0.29) is 5.56 Å². The summed E-state index contributed by atoms with van der Waals surface area (Å²) in [5.41, 5.74) is 6.85. The Kier molecular flexibility index (Phi) is 4.56. The van der Waals surface area contributed by atoms with Crippen LogP contribution < -0.4 is 10.9 Å². The number of aryl methyl sites for hydroxylation is 2. The van der Waals surface area contributed by atoms with Crippen LogP contribution in [0.1, 0.15) is 40.5 Å². The second kappa shape index (κ2) is 7.11. The van der Waals surface area contributed by atoms with E-state index in [4.69, 9.17) is 4.98 Å². The van der Waals surface area contributed by atoms with Gasteiger partial charge in [0.05, 0.1) is 17.6 Å². The highest BCUT2D eigenvalue weighted by Crippen LogP contribution is 2.31.